The molecule has 1 atom stereocenters. The Hall–Kier alpha value is -2.16. The molecule has 2 amide bonds. The van der Waals surface area contributed by atoms with Gasteiger partial charge in [0.15, 0.2) is 6.10 Å². The van der Waals surface area contributed by atoms with E-state index in [2.05, 4.69) is 25.7 Å². The average molecular weight is 271 g/mol. The standard InChI is InChI=1S/C10H17N5O4/c1-19-8(9(16)17)7-12-10(18)11-3-2-5-15-6-4-13-14-15/h4,6,8H,2-3,5,7H2,1H3,(H,16,17)(H2,11,12,18). The van der Waals surface area contributed by atoms with Crippen LogP contribution in [0, 0.1) is 0 Å². The van der Waals surface area contributed by atoms with Crippen molar-refractivity contribution >= 4 is 12.0 Å². The normalized spacial score (nSPS) is 11.8. The van der Waals surface area contributed by atoms with Crippen LogP contribution in [-0.2, 0) is 16.1 Å². The van der Waals surface area contributed by atoms with Crippen molar-refractivity contribution in [2.45, 2.75) is 19.1 Å². The lowest BCUT2D eigenvalue weighted by Gasteiger charge is -2.12. The van der Waals surface area contributed by atoms with Crippen molar-refractivity contribution in [2.24, 2.45) is 0 Å². The molecule has 19 heavy (non-hydrogen) atoms. The topological polar surface area (TPSA) is 118 Å². The summed E-state index contributed by atoms with van der Waals surface area (Å²) in [5.41, 5.74) is 0. The minimum absolute atomic E-state index is 0.0826. The van der Waals surface area contributed by atoms with Crippen LogP contribution in [0.1, 0.15) is 6.42 Å². The molecule has 0 aliphatic rings. The number of ether oxygens (including phenoxy) is 1. The Morgan fingerprint density at radius 3 is 2.84 bits per heavy atom. The first-order valence-electron chi connectivity index (χ1n) is 5.75. The molecular formula is C10H17N5O4. The van der Waals surface area contributed by atoms with Crippen molar-refractivity contribution in [1.29, 1.82) is 0 Å². The molecule has 0 fully saturated rings. The fourth-order valence-corrected chi connectivity index (χ4v) is 1.31. The maximum absolute atomic E-state index is 11.3. The molecule has 0 aromatic carbocycles. The van der Waals surface area contributed by atoms with E-state index in [1.54, 1.807) is 17.1 Å². The fraction of sp³-hybridized carbons (Fsp3) is 0.600. The third-order valence-corrected chi connectivity index (χ3v) is 2.33. The number of aryl methyl sites for hydroxylation is 1. The Bertz CT molecular complexity index is 395. The molecule has 0 saturated heterocycles. The zero-order valence-electron chi connectivity index (χ0n) is 10.6. The molecule has 1 aromatic heterocycles. The van der Waals surface area contributed by atoms with Gasteiger partial charge in [-0.15, -0.1) is 5.10 Å². The van der Waals surface area contributed by atoms with Crippen LogP contribution in [0.3, 0.4) is 0 Å². The number of methoxy groups -OCH3 is 1. The van der Waals surface area contributed by atoms with Crippen LogP contribution in [-0.4, -0.2) is 58.4 Å². The van der Waals surface area contributed by atoms with Gasteiger partial charge >= 0.3 is 12.0 Å². The molecular weight excluding hydrogens is 254 g/mol. The predicted molar refractivity (Wildman–Crippen MR) is 64.5 cm³/mol. The lowest BCUT2D eigenvalue weighted by Crippen LogP contribution is -2.43. The summed E-state index contributed by atoms with van der Waals surface area (Å²) in [7, 11) is 1.27. The van der Waals surface area contributed by atoms with Gasteiger partial charge in [-0.3, -0.25) is 4.68 Å². The minimum Gasteiger partial charge on any atom is -0.479 e. The van der Waals surface area contributed by atoms with E-state index >= 15 is 0 Å². The smallest absolute Gasteiger partial charge is 0.334 e. The number of aliphatic carboxylic acids is 1. The van der Waals surface area contributed by atoms with Crippen molar-refractivity contribution in [3.63, 3.8) is 0 Å². The number of carboxylic acids is 1. The number of hydrogen-bond donors (Lipinski definition) is 3. The molecule has 9 nitrogen and oxygen atoms in total. The number of urea groups is 1. The van der Waals surface area contributed by atoms with E-state index in [0.717, 1.165) is 0 Å². The van der Waals surface area contributed by atoms with E-state index in [4.69, 9.17) is 5.11 Å². The van der Waals surface area contributed by atoms with Crippen molar-refractivity contribution in [1.82, 2.24) is 25.6 Å². The van der Waals surface area contributed by atoms with E-state index in [1.807, 2.05) is 0 Å². The number of nitrogens with zero attached hydrogens (tertiary/aromatic N) is 3. The van der Waals surface area contributed by atoms with Crippen molar-refractivity contribution in [3.05, 3.63) is 12.4 Å². The zero-order valence-corrected chi connectivity index (χ0v) is 10.6. The predicted octanol–water partition coefficient (Wildman–Crippen LogP) is -0.933. The van der Waals surface area contributed by atoms with Gasteiger partial charge in [0.25, 0.3) is 0 Å². The third kappa shape index (κ3) is 5.82. The zero-order chi connectivity index (χ0) is 14.1. The summed E-state index contributed by atoms with van der Waals surface area (Å²) < 4.78 is 6.33. The van der Waals surface area contributed by atoms with E-state index in [-0.39, 0.29) is 6.54 Å². The SMILES string of the molecule is COC(CNC(=O)NCCCn1ccnn1)C(=O)O. The number of carboxylic acid groups (broad SMARTS) is 1. The maximum Gasteiger partial charge on any atom is 0.334 e. The van der Waals surface area contributed by atoms with Crippen molar-refractivity contribution < 1.29 is 19.4 Å². The molecule has 0 aliphatic carbocycles. The quantitative estimate of drug-likeness (QED) is 0.525. The number of carbonyl (C=O) groups excluding carboxylic acids is 1. The number of amides is 2. The maximum atomic E-state index is 11.3. The molecule has 0 spiro atoms. The van der Waals surface area contributed by atoms with Crippen LogP contribution in [0.25, 0.3) is 0 Å². The minimum atomic E-state index is -1.12. The first kappa shape index (κ1) is 14.9. The average Bonchev–Trinajstić information content (AvgIpc) is 2.88. The van der Waals surface area contributed by atoms with E-state index in [0.29, 0.717) is 19.5 Å². The molecule has 0 aliphatic heterocycles. The van der Waals surface area contributed by atoms with Crippen LogP contribution in [0.5, 0.6) is 0 Å². The second-order valence-corrected chi connectivity index (χ2v) is 3.72. The number of carbonyl (C=O) groups is 2. The van der Waals surface area contributed by atoms with Crippen molar-refractivity contribution in [2.75, 3.05) is 20.2 Å². The van der Waals surface area contributed by atoms with Crippen LogP contribution in [0.2, 0.25) is 0 Å². The first-order valence-corrected chi connectivity index (χ1v) is 5.75. The van der Waals surface area contributed by atoms with Crippen LogP contribution in [0.15, 0.2) is 12.4 Å². The molecule has 1 unspecified atom stereocenters. The van der Waals surface area contributed by atoms with Gasteiger partial charge in [0, 0.05) is 26.4 Å². The van der Waals surface area contributed by atoms with Crippen LogP contribution < -0.4 is 10.6 Å². The number of aromatic nitrogens is 3. The highest BCUT2D eigenvalue weighted by molar-refractivity contribution is 5.76. The molecule has 1 aromatic rings. The van der Waals surface area contributed by atoms with Gasteiger partial charge in [0.2, 0.25) is 0 Å². The van der Waals surface area contributed by atoms with Gasteiger partial charge in [-0.1, -0.05) is 5.21 Å². The second-order valence-electron chi connectivity index (χ2n) is 3.72. The Morgan fingerprint density at radius 2 is 2.26 bits per heavy atom. The van der Waals surface area contributed by atoms with Gasteiger partial charge in [0.1, 0.15) is 0 Å². The molecule has 1 heterocycles. The monoisotopic (exact) mass is 271 g/mol. The van der Waals surface area contributed by atoms with Crippen molar-refractivity contribution in [3.8, 4) is 0 Å². The largest absolute Gasteiger partial charge is 0.479 e. The summed E-state index contributed by atoms with van der Waals surface area (Å²) in [6.07, 6.45) is 2.97. The number of nitrogens with one attached hydrogen (secondary N) is 2. The highest BCUT2D eigenvalue weighted by atomic mass is 16.5. The fourth-order valence-electron chi connectivity index (χ4n) is 1.31. The first-order chi connectivity index (χ1) is 9.13. The van der Waals surface area contributed by atoms with E-state index in [1.165, 1.54) is 7.11 Å². The second kappa shape index (κ2) is 8.03. The number of hydrogen-bond acceptors (Lipinski definition) is 5. The van der Waals surface area contributed by atoms with E-state index in [9.17, 15) is 9.59 Å². The molecule has 1 rings (SSSR count). The summed E-state index contributed by atoms with van der Waals surface area (Å²) in [6, 6.07) is -0.429. The number of rotatable bonds is 8. The molecule has 9 heteroatoms. The highest BCUT2D eigenvalue weighted by Crippen LogP contribution is 1.88. The van der Waals surface area contributed by atoms with Gasteiger partial charge in [-0.2, -0.15) is 0 Å². The van der Waals surface area contributed by atoms with Gasteiger partial charge in [-0.25, -0.2) is 9.59 Å². The highest BCUT2D eigenvalue weighted by Gasteiger charge is 2.16. The lowest BCUT2D eigenvalue weighted by atomic mass is 10.3. The summed E-state index contributed by atoms with van der Waals surface area (Å²) in [5.74, 6) is -1.12. The Labute approximate surface area is 109 Å². The van der Waals surface area contributed by atoms with Crippen LogP contribution >= 0.6 is 0 Å². The molecule has 0 bridgehead atoms. The Morgan fingerprint density at radius 1 is 1.47 bits per heavy atom. The Kier molecular flexibility index (Phi) is 6.30. The Balaban J connectivity index is 2.09. The van der Waals surface area contributed by atoms with Gasteiger partial charge < -0.3 is 20.5 Å². The van der Waals surface area contributed by atoms with Crippen LogP contribution in [0.4, 0.5) is 4.79 Å². The van der Waals surface area contributed by atoms with E-state index < -0.39 is 18.1 Å². The third-order valence-electron chi connectivity index (χ3n) is 2.33. The molecule has 3 N–H and O–H groups in total. The summed E-state index contributed by atoms with van der Waals surface area (Å²) >= 11 is 0. The molecule has 106 valence electrons. The summed E-state index contributed by atoms with van der Waals surface area (Å²) in [5, 5.41) is 21.1. The lowest BCUT2D eigenvalue weighted by molar-refractivity contribution is -0.147. The summed E-state index contributed by atoms with van der Waals surface area (Å²) in [6.45, 7) is 1.02. The van der Waals surface area contributed by atoms with Gasteiger partial charge in [-0.05, 0) is 6.42 Å². The molecule has 0 radical (unpaired) electrons. The van der Waals surface area contributed by atoms with Gasteiger partial charge in [0.05, 0.1) is 12.7 Å². The molecule has 0 saturated carbocycles. The summed E-state index contributed by atoms with van der Waals surface area (Å²) in [4.78, 5) is 22.0.